The molecule has 1 aromatic heterocycles. The summed E-state index contributed by atoms with van der Waals surface area (Å²) in [7, 11) is 1.58. The van der Waals surface area contributed by atoms with Gasteiger partial charge in [-0.3, -0.25) is 9.48 Å². The molecule has 0 radical (unpaired) electrons. The van der Waals surface area contributed by atoms with Gasteiger partial charge in [-0.1, -0.05) is 30.3 Å². The lowest BCUT2D eigenvalue weighted by Crippen LogP contribution is -2.24. The first-order valence-corrected chi connectivity index (χ1v) is 13.5. The van der Waals surface area contributed by atoms with Gasteiger partial charge in [-0.05, 0) is 77.9 Å². The van der Waals surface area contributed by atoms with E-state index in [-0.39, 0.29) is 30.1 Å². The minimum Gasteiger partial charge on any atom is -0.497 e. The predicted octanol–water partition coefficient (Wildman–Crippen LogP) is 7.46. The number of hydrogen-bond donors (Lipinski definition) is 1. The summed E-state index contributed by atoms with van der Waals surface area (Å²) in [6.07, 6.45) is -3.72. The van der Waals surface area contributed by atoms with Gasteiger partial charge in [0, 0.05) is 29.7 Å². The molecule has 0 spiro atoms. The summed E-state index contributed by atoms with van der Waals surface area (Å²) in [5.74, 6) is -0.453. The molecule has 6 nitrogen and oxygen atoms in total. The van der Waals surface area contributed by atoms with Crippen molar-refractivity contribution in [3.63, 3.8) is 0 Å². The Hall–Kier alpha value is -4.99. The molecule has 5 rings (SSSR count). The first-order chi connectivity index (χ1) is 20.6. The molecule has 0 bridgehead atoms. The number of methoxy groups -OCH3 is 1. The number of hydrogen-bond acceptors (Lipinski definition) is 4. The lowest BCUT2D eigenvalue weighted by molar-refractivity contribution is -0.137. The molecule has 10 heteroatoms. The number of fused-ring (bicyclic) bond motifs is 1. The molecule has 0 fully saturated rings. The zero-order valence-electron chi connectivity index (χ0n) is 23.3. The van der Waals surface area contributed by atoms with Crippen LogP contribution >= 0.6 is 0 Å². The monoisotopic (exact) mass is 589 g/mol. The van der Waals surface area contributed by atoms with Gasteiger partial charge in [-0.2, -0.15) is 18.3 Å². The smallest absolute Gasteiger partial charge is 0.416 e. The van der Waals surface area contributed by atoms with Gasteiger partial charge in [0.25, 0.3) is 5.91 Å². The summed E-state index contributed by atoms with van der Waals surface area (Å²) in [5.41, 5.74) is 1.25. The first-order valence-electron chi connectivity index (χ1n) is 13.5. The lowest BCUT2D eigenvalue weighted by Gasteiger charge is -2.17. The third-order valence-corrected chi connectivity index (χ3v) is 7.22. The van der Waals surface area contributed by atoms with E-state index in [1.54, 1.807) is 42.1 Å². The standard InChI is InChI=1S/C33H27F4N3O3/c1-20(21-4-6-22(7-5-21)32(42)38-14-3-15-41)40-31(25-9-8-24-17-27(43-2)12-10-23(24)16-25)19-30(39-40)28-18-26(33(35,36)37)11-13-29(28)34/h4-13,15-20H,3,14H2,1-2H3,(H,38,42). The van der Waals surface area contributed by atoms with Gasteiger partial charge in [-0.15, -0.1) is 0 Å². The molecule has 4 aromatic carbocycles. The summed E-state index contributed by atoms with van der Waals surface area (Å²) in [6, 6.07) is 21.5. The summed E-state index contributed by atoms with van der Waals surface area (Å²) < 4.78 is 62.4. The number of ether oxygens (including phenoxy) is 1. The fourth-order valence-corrected chi connectivity index (χ4v) is 4.85. The average Bonchev–Trinajstić information content (AvgIpc) is 3.45. The quantitative estimate of drug-likeness (QED) is 0.110. The molecule has 43 heavy (non-hydrogen) atoms. The van der Waals surface area contributed by atoms with E-state index in [1.807, 2.05) is 43.3 Å². The Balaban J connectivity index is 1.59. The van der Waals surface area contributed by atoms with Crippen molar-refractivity contribution < 1.29 is 31.9 Å². The molecule has 1 heterocycles. The van der Waals surface area contributed by atoms with Crippen LogP contribution in [0.5, 0.6) is 5.75 Å². The summed E-state index contributed by atoms with van der Waals surface area (Å²) >= 11 is 0. The number of benzene rings is 4. The van der Waals surface area contributed by atoms with Crippen LogP contribution in [0, 0.1) is 5.82 Å². The van der Waals surface area contributed by atoms with Gasteiger partial charge in [-0.25, -0.2) is 4.39 Å². The van der Waals surface area contributed by atoms with Gasteiger partial charge in [0.1, 0.15) is 17.9 Å². The molecule has 0 aliphatic heterocycles. The van der Waals surface area contributed by atoms with Crippen molar-refractivity contribution in [1.82, 2.24) is 15.1 Å². The fraction of sp³-hybridized carbons (Fsp3) is 0.182. The molecule has 1 unspecified atom stereocenters. The molecule has 0 aliphatic carbocycles. The number of rotatable bonds is 9. The van der Waals surface area contributed by atoms with E-state index in [0.29, 0.717) is 23.1 Å². The zero-order chi connectivity index (χ0) is 30.7. The number of halogens is 4. The maximum absolute atomic E-state index is 14.9. The number of aldehydes is 1. The molecule has 0 saturated carbocycles. The maximum atomic E-state index is 14.9. The van der Waals surface area contributed by atoms with Crippen LogP contribution in [0.15, 0.2) is 84.9 Å². The van der Waals surface area contributed by atoms with Crippen molar-refractivity contribution in [3.05, 3.63) is 107 Å². The van der Waals surface area contributed by atoms with Crippen molar-refractivity contribution in [2.75, 3.05) is 13.7 Å². The minimum atomic E-state index is -4.65. The normalized spacial score (nSPS) is 12.2. The van der Waals surface area contributed by atoms with Gasteiger partial charge < -0.3 is 14.8 Å². The Morgan fingerprint density at radius 2 is 1.70 bits per heavy atom. The summed E-state index contributed by atoms with van der Waals surface area (Å²) in [6.45, 7) is 2.08. The highest BCUT2D eigenvalue weighted by molar-refractivity contribution is 5.94. The fourth-order valence-electron chi connectivity index (χ4n) is 4.85. The number of alkyl halides is 3. The highest BCUT2D eigenvalue weighted by Crippen LogP contribution is 2.37. The van der Waals surface area contributed by atoms with Crippen LogP contribution in [0.2, 0.25) is 0 Å². The van der Waals surface area contributed by atoms with E-state index >= 15 is 0 Å². The number of aromatic nitrogens is 2. The maximum Gasteiger partial charge on any atom is 0.416 e. The van der Waals surface area contributed by atoms with E-state index in [2.05, 4.69) is 10.4 Å². The average molecular weight is 590 g/mol. The zero-order valence-corrected chi connectivity index (χ0v) is 23.3. The molecule has 0 aliphatic rings. The van der Waals surface area contributed by atoms with Crippen LogP contribution in [0.3, 0.4) is 0 Å². The van der Waals surface area contributed by atoms with Crippen molar-refractivity contribution in [2.45, 2.75) is 25.6 Å². The number of carbonyl (C=O) groups excluding carboxylic acids is 2. The van der Waals surface area contributed by atoms with Crippen LogP contribution in [0.4, 0.5) is 17.6 Å². The minimum absolute atomic E-state index is 0.0476. The van der Waals surface area contributed by atoms with Crippen molar-refractivity contribution in [2.24, 2.45) is 0 Å². The number of nitrogens with one attached hydrogen (secondary N) is 1. The van der Waals surface area contributed by atoms with Crippen LogP contribution in [0.1, 0.15) is 40.9 Å². The van der Waals surface area contributed by atoms with Crippen LogP contribution < -0.4 is 10.1 Å². The lowest BCUT2D eigenvalue weighted by atomic mass is 10.0. The highest BCUT2D eigenvalue weighted by Gasteiger charge is 2.32. The molecule has 1 atom stereocenters. The summed E-state index contributed by atoms with van der Waals surface area (Å²) in [4.78, 5) is 22.9. The van der Waals surface area contributed by atoms with Gasteiger partial charge >= 0.3 is 6.18 Å². The SMILES string of the molecule is COc1ccc2cc(-c3cc(-c4cc(C(F)(F)F)ccc4F)nn3C(C)c3ccc(C(=O)NCCC=O)cc3)ccc2c1. The van der Waals surface area contributed by atoms with Crippen molar-refractivity contribution >= 4 is 23.0 Å². The predicted molar refractivity (Wildman–Crippen MR) is 155 cm³/mol. The molecular formula is C33H27F4N3O3. The first kappa shape index (κ1) is 29.5. The van der Waals surface area contributed by atoms with Crippen molar-refractivity contribution in [1.29, 1.82) is 0 Å². The molecular weight excluding hydrogens is 562 g/mol. The van der Waals surface area contributed by atoms with E-state index in [9.17, 15) is 27.2 Å². The van der Waals surface area contributed by atoms with Crippen LogP contribution in [-0.2, 0) is 11.0 Å². The third kappa shape index (κ3) is 6.28. The molecule has 1 amide bonds. The van der Waals surface area contributed by atoms with Gasteiger partial charge in [0.05, 0.1) is 30.1 Å². The van der Waals surface area contributed by atoms with Crippen LogP contribution in [0.25, 0.3) is 33.3 Å². The topological polar surface area (TPSA) is 73.2 Å². The summed E-state index contributed by atoms with van der Waals surface area (Å²) in [5, 5.41) is 9.10. The Kier molecular flexibility index (Phi) is 8.29. The van der Waals surface area contributed by atoms with E-state index in [0.717, 1.165) is 40.3 Å². The Bertz CT molecular complexity index is 1800. The van der Waals surface area contributed by atoms with E-state index < -0.39 is 23.6 Å². The second kappa shape index (κ2) is 12.1. The second-order valence-corrected chi connectivity index (χ2v) is 9.99. The Morgan fingerprint density at radius 3 is 2.40 bits per heavy atom. The number of nitrogens with zero attached hydrogens (tertiary/aromatic N) is 2. The van der Waals surface area contributed by atoms with Gasteiger partial charge in [0.15, 0.2) is 0 Å². The molecule has 1 N–H and O–H groups in total. The van der Waals surface area contributed by atoms with Gasteiger partial charge in [0.2, 0.25) is 0 Å². The van der Waals surface area contributed by atoms with Crippen molar-refractivity contribution in [3.8, 4) is 28.3 Å². The number of carbonyl (C=O) groups is 2. The molecule has 5 aromatic rings. The largest absolute Gasteiger partial charge is 0.497 e. The molecule has 0 saturated heterocycles. The Morgan fingerprint density at radius 1 is 0.977 bits per heavy atom. The third-order valence-electron chi connectivity index (χ3n) is 7.22. The van der Waals surface area contributed by atoms with E-state index in [4.69, 9.17) is 4.74 Å². The Labute approximate surface area is 244 Å². The van der Waals surface area contributed by atoms with E-state index in [1.165, 1.54) is 0 Å². The number of amides is 1. The van der Waals surface area contributed by atoms with Crippen LogP contribution in [-0.4, -0.2) is 35.6 Å². The second-order valence-electron chi connectivity index (χ2n) is 9.99. The highest BCUT2D eigenvalue weighted by atomic mass is 19.4. The molecule has 220 valence electrons.